The predicted molar refractivity (Wildman–Crippen MR) is 71.2 cm³/mol. The van der Waals surface area contributed by atoms with Gasteiger partial charge in [0.05, 0.1) is 5.56 Å². The van der Waals surface area contributed by atoms with Gasteiger partial charge in [-0.3, -0.25) is 9.78 Å². The van der Waals surface area contributed by atoms with Crippen LogP contribution in [0, 0.1) is 12.8 Å². The van der Waals surface area contributed by atoms with Gasteiger partial charge in [0, 0.05) is 17.9 Å². The molecule has 0 radical (unpaired) electrons. The van der Waals surface area contributed by atoms with Gasteiger partial charge in [0.25, 0.3) is 5.91 Å². The summed E-state index contributed by atoms with van der Waals surface area (Å²) in [5.74, 6) is 0.383. The van der Waals surface area contributed by atoms with Gasteiger partial charge in [0.15, 0.2) is 0 Å². The minimum Gasteiger partial charge on any atom is -0.349 e. The summed E-state index contributed by atoms with van der Waals surface area (Å²) in [4.78, 5) is 16.2. The fraction of sp³-hybridized carbons (Fsp3) is 0.571. The highest BCUT2D eigenvalue weighted by atomic mass is 16.1. The molecular formula is C14H21N3O. The standard InChI is InChI=1S/C14H21N3O/c1-10-6-7-12(9-16-10)14(18)17-13-5-3-2-4-11(13)8-15/h6-7,9,11,13H,2-5,8,15H2,1H3,(H,17,18). The van der Waals surface area contributed by atoms with Gasteiger partial charge in [-0.1, -0.05) is 12.8 Å². The largest absolute Gasteiger partial charge is 0.349 e. The molecule has 1 aliphatic rings. The lowest BCUT2D eigenvalue weighted by molar-refractivity contribution is 0.0907. The summed E-state index contributed by atoms with van der Waals surface area (Å²) >= 11 is 0. The molecule has 2 atom stereocenters. The highest BCUT2D eigenvalue weighted by molar-refractivity contribution is 5.94. The number of nitrogens with one attached hydrogen (secondary N) is 1. The van der Waals surface area contributed by atoms with Crippen LogP contribution in [0.25, 0.3) is 0 Å². The SMILES string of the molecule is Cc1ccc(C(=O)NC2CCCCC2CN)cn1. The zero-order valence-electron chi connectivity index (χ0n) is 10.9. The Morgan fingerprint density at radius 1 is 1.44 bits per heavy atom. The van der Waals surface area contributed by atoms with Crippen LogP contribution in [0.2, 0.25) is 0 Å². The molecule has 0 saturated heterocycles. The van der Waals surface area contributed by atoms with E-state index in [9.17, 15) is 4.79 Å². The Bertz CT molecular complexity index is 402. The third kappa shape index (κ3) is 3.07. The van der Waals surface area contributed by atoms with Gasteiger partial charge in [0.1, 0.15) is 0 Å². The van der Waals surface area contributed by atoms with Crippen molar-refractivity contribution in [3.63, 3.8) is 0 Å². The second-order valence-corrected chi connectivity index (χ2v) is 5.05. The summed E-state index contributed by atoms with van der Waals surface area (Å²) in [6.07, 6.45) is 6.18. The molecule has 3 N–H and O–H groups in total. The number of nitrogens with two attached hydrogens (primary N) is 1. The number of rotatable bonds is 3. The second-order valence-electron chi connectivity index (χ2n) is 5.05. The summed E-state index contributed by atoms with van der Waals surface area (Å²) in [5, 5.41) is 3.10. The Kier molecular flexibility index (Phi) is 4.31. The molecule has 2 rings (SSSR count). The van der Waals surface area contributed by atoms with Crippen LogP contribution in [0.5, 0.6) is 0 Å². The molecule has 98 valence electrons. The van der Waals surface area contributed by atoms with Crippen LogP contribution >= 0.6 is 0 Å². The molecule has 1 aromatic heterocycles. The minimum atomic E-state index is -0.0344. The van der Waals surface area contributed by atoms with E-state index in [0.717, 1.165) is 18.5 Å². The van der Waals surface area contributed by atoms with E-state index >= 15 is 0 Å². The number of carbonyl (C=O) groups is 1. The Labute approximate surface area is 108 Å². The molecule has 1 aliphatic carbocycles. The van der Waals surface area contributed by atoms with E-state index in [2.05, 4.69) is 10.3 Å². The van der Waals surface area contributed by atoms with E-state index in [1.807, 2.05) is 19.1 Å². The van der Waals surface area contributed by atoms with E-state index in [0.29, 0.717) is 18.0 Å². The van der Waals surface area contributed by atoms with Gasteiger partial charge in [-0.25, -0.2) is 0 Å². The van der Waals surface area contributed by atoms with Gasteiger partial charge in [-0.2, -0.15) is 0 Å². The van der Waals surface area contributed by atoms with E-state index < -0.39 is 0 Å². The summed E-state index contributed by atoms with van der Waals surface area (Å²) in [5.41, 5.74) is 7.31. The van der Waals surface area contributed by atoms with Crippen LogP contribution in [-0.2, 0) is 0 Å². The lowest BCUT2D eigenvalue weighted by Gasteiger charge is -2.31. The molecule has 1 fully saturated rings. The van der Waals surface area contributed by atoms with Crippen molar-refractivity contribution in [3.05, 3.63) is 29.6 Å². The number of amides is 1. The average Bonchev–Trinajstić information content (AvgIpc) is 2.40. The normalized spacial score (nSPS) is 23.7. The van der Waals surface area contributed by atoms with Gasteiger partial charge < -0.3 is 11.1 Å². The zero-order chi connectivity index (χ0) is 13.0. The number of hydrogen-bond acceptors (Lipinski definition) is 3. The summed E-state index contributed by atoms with van der Waals surface area (Å²) < 4.78 is 0. The van der Waals surface area contributed by atoms with Crippen LogP contribution in [0.1, 0.15) is 41.7 Å². The molecule has 1 heterocycles. The molecule has 0 aliphatic heterocycles. The summed E-state index contributed by atoms with van der Waals surface area (Å²) in [7, 11) is 0. The molecule has 18 heavy (non-hydrogen) atoms. The monoisotopic (exact) mass is 247 g/mol. The smallest absolute Gasteiger partial charge is 0.253 e. The quantitative estimate of drug-likeness (QED) is 0.853. The molecule has 0 spiro atoms. The maximum atomic E-state index is 12.1. The molecule has 4 heteroatoms. The van der Waals surface area contributed by atoms with Gasteiger partial charge in [-0.15, -0.1) is 0 Å². The first-order valence-electron chi connectivity index (χ1n) is 6.64. The number of hydrogen-bond donors (Lipinski definition) is 2. The van der Waals surface area contributed by atoms with Crippen molar-refractivity contribution in [2.45, 2.75) is 38.6 Å². The van der Waals surface area contributed by atoms with Crippen molar-refractivity contribution in [2.24, 2.45) is 11.7 Å². The Balaban J connectivity index is 1.99. The summed E-state index contributed by atoms with van der Waals surface area (Å²) in [6, 6.07) is 3.89. The highest BCUT2D eigenvalue weighted by Gasteiger charge is 2.25. The van der Waals surface area contributed by atoms with Crippen molar-refractivity contribution < 1.29 is 4.79 Å². The zero-order valence-corrected chi connectivity index (χ0v) is 10.9. The third-order valence-electron chi connectivity index (χ3n) is 3.70. The van der Waals surface area contributed by atoms with Crippen molar-refractivity contribution in [3.8, 4) is 0 Å². The molecule has 1 amide bonds. The molecular weight excluding hydrogens is 226 g/mol. The Morgan fingerprint density at radius 2 is 2.22 bits per heavy atom. The maximum absolute atomic E-state index is 12.1. The van der Waals surface area contributed by atoms with E-state index in [4.69, 9.17) is 5.73 Å². The number of carbonyl (C=O) groups excluding carboxylic acids is 1. The number of pyridine rings is 1. The average molecular weight is 247 g/mol. The number of aromatic nitrogens is 1. The van der Waals surface area contributed by atoms with E-state index in [1.54, 1.807) is 6.20 Å². The first-order valence-corrected chi connectivity index (χ1v) is 6.64. The molecule has 1 aromatic rings. The van der Waals surface area contributed by atoms with E-state index in [-0.39, 0.29) is 11.9 Å². The minimum absolute atomic E-state index is 0.0344. The molecule has 4 nitrogen and oxygen atoms in total. The Morgan fingerprint density at radius 3 is 2.89 bits per heavy atom. The van der Waals surface area contributed by atoms with E-state index in [1.165, 1.54) is 12.8 Å². The van der Waals surface area contributed by atoms with Gasteiger partial charge in [-0.05, 0) is 44.4 Å². The maximum Gasteiger partial charge on any atom is 0.253 e. The predicted octanol–water partition coefficient (Wildman–Crippen LogP) is 1.64. The molecule has 1 saturated carbocycles. The first-order chi connectivity index (χ1) is 8.70. The third-order valence-corrected chi connectivity index (χ3v) is 3.70. The van der Waals surface area contributed by atoms with Crippen LogP contribution in [0.15, 0.2) is 18.3 Å². The van der Waals surface area contributed by atoms with Crippen LogP contribution in [-0.4, -0.2) is 23.5 Å². The molecule has 0 bridgehead atoms. The molecule has 0 aromatic carbocycles. The first kappa shape index (κ1) is 13.0. The van der Waals surface area contributed by atoms with Gasteiger partial charge in [0.2, 0.25) is 0 Å². The number of nitrogens with zero attached hydrogens (tertiary/aromatic N) is 1. The van der Waals surface area contributed by atoms with Crippen LogP contribution in [0.4, 0.5) is 0 Å². The van der Waals surface area contributed by atoms with Crippen LogP contribution in [0.3, 0.4) is 0 Å². The van der Waals surface area contributed by atoms with Crippen molar-refractivity contribution in [1.82, 2.24) is 10.3 Å². The lowest BCUT2D eigenvalue weighted by atomic mass is 9.84. The second kappa shape index (κ2) is 5.96. The van der Waals surface area contributed by atoms with Crippen molar-refractivity contribution in [2.75, 3.05) is 6.54 Å². The summed E-state index contributed by atoms with van der Waals surface area (Å²) in [6.45, 7) is 2.56. The topological polar surface area (TPSA) is 68.0 Å². The highest BCUT2D eigenvalue weighted by Crippen LogP contribution is 2.23. The van der Waals surface area contributed by atoms with Gasteiger partial charge >= 0.3 is 0 Å². The van der Waals surface area contributed by atoms with Crippen molar-refractivity contribution in [1.29, 1.82) is 0 Å². The molecule has 2 unspecified atom stereocenters. The van der Waals surface area contributed by atoms with Crippen LogP contribution < -0.4 is 11.1 Å². The van der Waals surface area contributed by atoms with Crippen molar-refractivity contribution >= 4 is 5.91 Å². The fourth-order valence-corrected chi connectivity index (χ4v) is 2.53. The fourth-order valence-electron chi connectivity index (χ4n) is 2.53. The Hall–Kier alpha value is -1.42. The lowest BCUT2D eigenvalue weighted by Crippen LogP contribution is -2.44. The number of aryl methyl sites for hydroxylation is 1.